The molecule has 0 aromatic rings. The summed E-state index contributed by atoms with van der Waals surface area (Å²) in [7, 11) is 0. The van der Waals surface area contributed by atoms with E-state index in [1.165, 1.54) is 225 Å². The lowest BCUT2D eigenvalue weighted by molar-refractivity contribution is -0.167. The Morgan fingerprint density at radius 2 is 0.500 bits per heavy atom. The van der Waals surface area contributed by atoms with Gasteiger partial charge in [0.25, 0.3) is 0 Å². The SMILES string of the molecule is CC/C=C\C/C=C\C/C=C\CCCCCC(=O)OCC(COC(=O)CCCCCCCCCCCCCCCCCCCCCCCCCCCCCCC)OC(=O)CCCCCCCCC/C=C\C/C=C\CCCCCC. The summed E-state index contributed by atoms with van der Waals surface area (Å²) in [5, 5.41) is 0. The Labute approximate surface area is 485 Å². The minimum Gasteiger partial charge on any atom is -0.462 e. The molecule has 6 heteroatoms. The molecule has 0 heterocycles. The fourth-order valence-corrected chi connectivity index (χ4v) is 10.1. The lowest BCUT2D eigenvalue weighted by Crippen LogP contribution is -2.30. The number of esters is 3. The van der Waals surface area contributed by atoms with E-state index in [0.717, 1.165) is 96.3 Å². The maximum atomic E-state index is 12.9. The van der Waals surface area contributed by atoms with Crippen LogP contribution in [0.3, 0.4) is 0 Å². The molecule has 0 aliphatic heterocycles. The van der Waals surface area contributed by atoms with Crippen LogP contribution in [0.4, 0.5) is 0 Å². The van der Waals surface area contributed by atoms with Gasteiger partial charge in [-0.25, -0.2) is 0 Å². The van der Waals surface area contributed by atoms with Crippen LogP contribution in [0.1, 0.15) is 361 Å². The van der Waals surface area contributed by atoms with Crippen LogP contribution in [0.25, 0.3) is 0 Å². The zero-order valence-electron chi connectivity index (χ0n) is 52.2. The van der Waals surface area contributed by atoms with E-state index in [2.05, 4.69) is 81.5 Å². The number of allylic oxidation sites excluding steroid dienone is 10. The van der Waals surface area contributed by atoms with Gasteiger partial charge in [-0.3, -0.25) is 14.4 Å². The van der Waals surface area contributed by atoms with Gasteiger partial charge in [-0.05, 0) is 83.5 Å². The van der Waals surface area contributed by atoms with Crippen LogP contribution in [0.15, 0.2) is 60.8 Å². The Morgan fingerprint density at radius 3 is 0.808 bits per heavy atom. The number of ether oxygens (including phenoxy) is 3. The van der Waals surface area contributed by atoms with Gasteiger partial charge in [0.15, 0.2) is 6.10 Å². The zero-order valence-corrected chi connectivity index (χ0v) is 52.2. The topological polar surface area (TPSA) is 78.9 Å². The van der Waals surface area contributed by atoms with Crippen molar-refractivity contribution in [2.24, 2.45) is 0 Å². The molecule has 0 saturated heterocycles. The van der Waals surface area contributed by atoms with Crippen molar-refractivity contribution in [2.75, 3.05) is 13.2 Å². The highest BCUT2D eigenvalue weighted by Gasteiger charge is 2.19. The molecule has 1 atom stereocenters. The monoisotopic (exact) mass is 1090 g/mol. The minimum atomic E-state index is -0.790. The van der Waals surface area contributed by atoms with E-state index in [-0.39, 0.29) is 31.1 Å². The van der Waals surface area contributed by atoms with E-state index in [4.69, 9.17) is 14.2 Å². The number of hydrogen-bond donors (Lipinski definition) is 0. The van der Waals surface area contributed by atoms with E-state index in [1.54, 1.807) is 0 Å². The summed E-state index contributed by atoms with van der Waals surface area (Å²) < 4.78 is 16.9. The van der Waals surface area contributed by atoms with Crippen LogP contribution in [0.2, 0.25) is 0 Å². The van der Waals surface area contributed by atoms with Crippen molar-refractivity contribution in [3.8, 4) is 0 Å². The molecule has 0 N–H and O–H groups in total. The van der Waals surface area contributed by atoms with Crippen LogP contribution in [0.5, 0.6) is 0 Å². The molecule has 6 nitrogen and oxygen atoms in total. The summed E-state index contributed by atoms with van der Waals surface area (Å²) >= 11 is 0. The molecule has 0 radical (unpaired) electrons. The van der Waals surface area contributed by atoms with Gasteiger partial charge in [-0.1, -0.05) is 319 Å². The molecule has 0 spiro atoms. The third-order valence-corrected chi connectivity index (χ3v) is 15.3. The second kappa shape index (κ2) is 66.6. The Bertz CT molecular complexity index is 1390. The molecule has 0 aliphatic carbocycles. The van der Waals surface area contributed by atoms with Crippen molar-refractivity contribution in [1.29, 1.82) is 0 Å². The third kappa shape index (κ3) is 63.9. The van der Waals surface area contributed by atoms with Crippen molar-refractivity contribution < 1.29 is 28.6 Å². The largest absolute Gasteiger partial charge is 0.462 e. The third-order valence-electron chi connectivity index (χ3n) is 15.3. The standard InChI is InChI=1S/C72H130O6/c1-4-7-10-13-16-19-22-25-27-29-31-32-33-34-35-36-37-38-39-40-41-43-44-47-50-53-56-59-62-65-71(74)77-68-69(67-76-70(73)64-61-58-55-52-49-46-24-21-18-15-12-9-6-3)78-72(75)66-63-60-57-54-51-48-45-42-30-28-26-23-20-17-14-11-8-5-2/h9,12,18,20-21,23,28,30,46,49,69H,4-8,10-11,13-17,19,22,24-27,29,31-45,47-48,50-68H2,1-3H3/b12-9-,21-18-,23-20-,30-28-,49-46-. The number of rotatable bonds is 63. The first-order valence-electron chi connectivity index (χ1n) is 34.3. The predicted octanol–water partition coefficient (Wildman–Crippen LogP) is 23.5. The molecule has 0 aromatic heterocycles. The summed E-state index contributed by atoms with van der Waals surface area (Å²) in [5.41, 5.74) is 0. The van der Waals surface area contributed by atoms with E-state index in [9.17, 15) is 14.4 Å². The van der Waals surface area contributed by atoms with Gasteiger partial charge < -0.3 is 14.2 Å². The quantitative estimate of drug-likeness (QED) is 0.0261. The minimum absolute atomic E-state index is 0.0839. The fraction of sp³-hybridized carbons (Fsp3) is 0.819. The summed E-state index contributed by atoms with van der Waals surface area (Å²) in [6, 6.07) is 0. The van der Waals surface area contributed by atoms with Crippen molar-refractivity contribution in [3.05, 3.63) is 60.8 Å². The number of carbonyl (C=O) groups is 3. The molecule has 0 saturated carbocycles. The molecule has 78 heavy (non-hydrogen) atoms. The van der Waals surface area contributed by atoms with E-state index in [0.29, 0.717) is 19.3 Å². The van der Waals surface area contributed by atoms with Crippen molar-refractivity contribution in [1.82, 2.24) is 0 Å². The van der Waals surface area contributed by atoms with Gasteiger partial charge in [-0.2, -0.15) is 0 Å². The molecule has 0 aliphatic rings. The first kappa shape index (κ1) is 75.1. The van der Waals surface area contributed by atoms with Gasteiger partial charge in [-0.15, -0.1) is 0 Å². The van der Waals surface area contributed by atoms with Crippen molar-refractivity contribution in [2.45, 2.75) is 367 Å². The highest BCUT2D eigenvalue weighted by atomic mass is 16.6. The molecule has 1 unspecified atom stereocenters. The lowest BCUT2D eigenvalue weighted by atomic mass is 10.0. The summed E-state index contributed by atoms with van der Waals surface area (Å²) in [5.74, 6) is -0.904. The maximum Gasteiger partial charge on any atom is 0.306 e. The second-order valence-corrected chi connectivity index (χ2v) is 23.1. The average molecular weight is 1090 g/mol. The summed E-state index contributed by atoms with van der Waals surface area (Å²) in [6.07, 6.45) is 85.5. The summed E-state index contributed by atoms with van der Waals surface area (Å²) in [6.45, 7) is 6.53. The van der Waals surface area contributed by atoms with Crippen LogP contribution < -0.4 is 0 Å². The lowest BCUT2D eigenvalue weighted by Gasteiger charge is -2.18. The molecule has 0 fully saturated rings. The fourth-order valence-electron chi connectivity index (χ4n) is 10.1. The molecular formula is C72H130O6. The van der Waals surface area contributed by atoms with Gasteiger partial charge in [0.1, 0.15) is 13.2 Å². The summed E-state index contributed by atoms with van der Waals surface area (Å²) in [4.78, 5) is 38.3. The normalized spacial score (nSPS) is 12.4. The van der Waals surface area contributed by atoms with Crippen LogP contribution in [0, 0.1) is 0 Å². The number of hydrogen-bond acceptors (Lipinski definition) is 6. The number of carbonyl (C=O) groups excluding carboxylic acids is 3. The highest BCUT2D eigenvalue weighted by Crippen LogP contribution is 2.18. The first-order chi connectivity index (χ1) is 38.5. The Kier molecular flexibility index (Phi) is 64.2. The first-order valence-corrected chi connectivity index (χ1v) is 34.3. The molecule has 0 amide bonds. The maximum absolute atomic E-state index is 12.9. The highest BCUT2D eigenvalue weighted by molar-refractivity contribution is 5.71. The van der Waals surface area contributed by atoms with Crippen molar-refractivity contribution >= 4 is 17.9 Å². The van der Waals surface area contributed by atoms with Crippen molar-refractivity contribution in [3.63, 3.8) is 0 Å². The predicted molar refractivity (Wildman–Crippen MR) is 339 cm³/mol. The van der Waals surface area contributed by atoms with E-state index < -0.39 is 6.10 Å². The van der Waals surface area contributed by atoms with Crippen LogP contribution >= 0.6 is 0 Å². The Hall–Kier alpha value is -2.89. The molecule has 0 rings (SSSR count). The molecular weight excluding hydrogens is 961 g/mol. The molecule has 0 aromatic carbocycles. The second-order valence-electron chi connectivity index (χ2n) is 23.1. The zero-order chi connectivity index (χ0) is 56.4. The Morgan fingerprint density at radius 1 is 0.269 bits per heavy atom. The molecule has 0 bridgehead atoms. The van der Waals surface area contributed by atoms with E-state index >= 15 is 0 Å². The average Bonchev–Trinajstić information content (AvgIpc) is 3.44. The van der Waals surface area contributed by atoms with Crippen LogP contribution in [-0.4, -0.2) is 37.2 Å². The molecule has 454 valence electrons. The smallest absolute Gasteiger partial charge is 0.306 e. The van der Waals surface area contributed by atoms with E-state index in [1.807, 2.05) is 0 Å². The van der Waals surface area contributed by atoms with Gasteiger partial charge in [0.05, 0.1) is 0 Å². The number of unbranched alkanes of at least 4 members (excludes halogenated alkanes) is 42. The van der Waals surface area contributed by atoms with Gasteiger partial charge in [0.2, 0.25) is 0 Å². The Balaban J connectivity index is 4.20. The van der Waals surface area contributed by atoms with Gasteiger partial charge >= 0.3 is 17.9 Å². The van der Waals surface area contributed by atoms with Crippen LogP contribution in [-0.2, 0) is 28.6 Å². The van der Waals surface area contributed by atoms with Gasteiger partial charge in [0, 0.05) is 19.3 Å².